The molecule has 0 saturated carbocycles. The van der Waals surface area contributed by atoms with Crippen LogP contribution < -0.4 is 5.32 Å². The second kappa shape index (κ2) is 4.87. The van der Waals surface area contributed by atoms with Gasteiger partial charge in [-0.3, -0.25) is 0 Å². The summed E-state index contributed by atoms with van der Waals surface area (Å²) in [6, 6.07) is 12.3. The van der Waals surface area contributed by atoms with Crippen LogP contribution in [0.3, 0.4) is 0 Å². The molecule has 0 aromatic heterocycles. The van der Waals surface area contributed by atoms with E-state index in [-0.39, 0.29) is 5.75 Å². The summed E-state index contributed by atoms with van der Waals surface area (Å²) in [6.45, 7) is 2.67. The van der Waals surface area contributed by atoms with Gasteiger partial charge in [0.2, 0.25) is 0 Å². The van der Waals surface area contributed by atoms with E-state index in [1.165, 1.54) is 23.3 Å². The Bertz CT molecular complexity index is 525. The van der Waals surface area contributed by atoms with Gasteiger partial charge in [-0.25, -0.2) is 4.39 Å². The zero-order valence-corrected chi connectivity index (χ0v) is 9.57. The molecule has 0 bridgehead atoms. The molecular weight excluding hydrogens is 217 g/mol. The molecule has 0 atom stereocenters. The maximum Gasteiger partial charge on any atom is 0.166 e. The van der Waals surface area contributed by atoms with Crippen molar-refractivity contribution < 1.29 is 9.50 Å². The summed E-state index contributed by atoms with van der Waals surface area (Å²) in [5.41, 5.74) is 3.02. The van der Waals surface area contributed by atoms with E-state index in [1.807, 2.05) is 31.2 Å². The first-order valence-corrected chi connectivity index (χ1v) is 5.44. The predicted octanol–water partition coefficient (Wildman–Crippen LogP) is 3.45. The van der Waals surface area contributed by atoms with Crippen LogP contribution in [0.25, 0.3) is 0 Å². The lowest BCUT2D eigenvalue weighted by Gasteiger charge is -2.09. The van der Waals surface area contributed by atoms with Crippen LogP contribution in [0.4, 0.5) is 10.1 Å². The predicted molar refractivity (Wildman–Crippen MR) is 66.6 cm³/mol. The van der Waals surface area contributed by atoms with Crippen molar-refractivity contribution in [2.24, 2.45) is 0 Å². The van der Waals surface area contributed by atoms with Gasteiger partial charge in [-0.2, -0.15) is 0 Å². The lowest BCUT2D eigenvalue weighted by Crippen LogP contribution is -2.01. The van der Waals surface area contributed by atoms with E-state index >= 15 is 0 Å². The Morgan fingerprint density at radius 2 is 1.94 bits per heavy atom. The summed E-state index contributed by atoms with van der Waals surface area (Å²) in [6.07, 6.45) is 0. The van der Waals surface area contributed by atoms with E-state index in [2.05, 4.69) is 5.32 Å². The van der Waals surface area contributed by atoms with Crippen LogP contribution in [0, 0.1) is 12.7 Å². The van der Waals surface area contributed by atoms with Crippen molar-refractivity contribution in [3.8, 4) is 5.75 Å². The van der Waals surface area contributed by atoms with Crippen molar-refractivity contribution in [1.29, 1.82) is 0 Å². The highest BCUT2D eigenvalue weighted by Crippen LogP contribution is 2.20. The number of hydrogen-bond acceptors (Lipinski definition) is 2. The van der Waals surface area contributed by atoms with Gasteiger partial charge in [-0.15, -0.1) is 0 Å². The minimum Gasteiger partial charge on any atom is -0.505 e. The van der Waals surface area contributed by atoms with Crippen LogP contribution in [-0.4, -0.2) is 5.11 Å². The van der Waals surface area contributed by atoms with Crippen molar-refractivity contribution >= 4 is 5.69 Å². The molecule has 0 radical (unpaired) electrons. The van der Waals surface area contributed by atoms with E-state index in [0.717, 1.165) is 0 Å². The molecule has 2 aromatic rings. The van der Waals surface area contributed by atoms with Gasteiger partial charge < -0.3 is 10.4 Å². The van der Waals surface area contributed by atoms with Crippen LogP contribution in [0.2, 0.25) is 0 Å². The zero-order chi connectivity index (χ0) is 12.3. The summed E-state index contributed by atoms with van der Waals surface area (Å²) in [5.74, 6) is -0.939. The Labute approximate surface area is 99.7 Å². The standard InChI is InChI=1S/C14H14FNO/c1-10-4-2-3-5-11(10)9-16-12-6-7-14(17)13(15)8-12/h2-8,16-17H,9H2,1H3. The lowest BCUT2D eigenvalue weighted by atomic mass is 10.1. The fourth-order valence-electron chi connectivity index (χ4n) is 1.62. The number of aryl methyl sites for hydroxylation is 1. The van der Waals surface area contributed by atoms with Crippen LogP contribution in [0.5, 0.6) is 5.75 Å². The molecule has 0 aliphatic heterocycles. The molecule has 2 aromatic carbocycles. The topological polar surface area (TPSA) is 32.3 Å². The average Bonchev–Trinajstić information content (AvgIpc) is 2.32. The molecule has 0 aliphatic rings. The first-order valence-electron chi connectivity index (χ1n) is 5.44. The van der Waals surface area contributed by atoms with Gasteiger partial charge in [0.05, 0.1) is 0 Å². The minimum absolute atomic E-state index is 0.327. The third-order valence-corrected chi connectivity index (χ3v) is 2.69. The highest BCUT2D eigenvalue weighted by Gasteiger charge is 2.02. The summed E-state index contributed by atoms with van der Waals surface area (Å²) in [7, 11) is 0. The van der Waals surface area contributed by atoms with Crippen molar-refractivity contribution in [2.45, 2.75) is 13.5 Å². The Kier molecular flexibility index (Phi) is 3.28. The molecule has 0 unspecified atom stereocenters. The molecule has 2 nitrogen and oxygen atoms in total. The first kappa shape index (κ1) is 11.5. The number of anilines is 1. The molecule has 2 rings (SSSR count). The number of aromatic hydroxyl groups is 1. The van der Waals surface area contributed by atoms with E-state index < -0.39 is 5.82 Å². The van der Waals surface area contributed by atoms with E-state index in [0.29, 0.717) is 12.2 Å². The number of rotatable bonds is 3. The lowest BCUT2D eigenvalue weighted by molar-refractivity contribution is 0.432. The van der Waals surface area contributed by atoms with Crippen molar-refractivity contribution in [2.75, 3.05) is 5.32 Å². The molecule has 2 N–H and O–H groups in total. The Morgan fingerprint density at radius 3 is 2.65 bits per heavy atom. The second-order valence-electron chi connectivity index (χ2n) is 3.95. The van der Waals surface area contributed by atoms with Crippen LogP contribution in [-0.2, 0) is 6.54 Å². The minimum atomic E-state index is -0.611. The average molecular weight is 231 g/mol. The van der Waals surface area contributed by atoms with Crippen LogP contribution >= 0.6 is 0 Å². The zero-order valence-electron chi connectivity index (χ0n) is 9.57. The molecular formula is C14H14FNO. The molecule has 0 amide bonds. The quantitative estimate of drug-likeness (QED) is 0.793. The highest BCUT2D eigenvalue weighted by atomic mass is 19.1. The number of phenolic OH excluding ortho intramolecular Hbond substituents is 1. The fourth-order valence-corrected chi connectivity index (χ4v) is 1.62. The fraction of sp³-hybridized carbons (Fsp3) is 0.143. The maximum atomic E-state index is 13.1. The molecule has 0 aliphatic carbocycles. The van der Waals surface area contributed by atoms with E-state index in [4.69, 9.17) is 5.11 Å². The normalized spacial score (nSPS) is 10.2. The van der Waals surface area contributed by atoms with E-state index in [1.54, 1.807) is 6.07 Å². The van der Waals surface area contributed by atoms with Gasteiger partial charge in [0.1, 0.15) is 0 Å². The summed E-state index contributed by atoms with van der Waals surface area (Å²) in [4.78, 5) is 0. The SMILES string of the molecule is Cc1ccccc1CNc1ccc(O)c(F)c1. The Hall–Kier alpha value is -2.03. The largest absolute Gasteiger partial charge is 0.505 e. The summed E-state index contributed by atoms with van der Waals surface area (Å²) in [5, 5.41) is 12.2. The second-order valence-corrected chi connectivity index (χ2v) is 3.95. The number of nitrogens with one attached hydrogen (secondary N) is 1. The molecule has 88 valence electrons. The van der Waals surface area contributed by atoms with Gasteiger partial charge >= 0.3 is 0 Å². The van der Waals surface area contributed by atoms with Gasteiger partial charge in [0, 0.05) is 18.3 Å². The highest BCUT2D eigenvalue weighted by molar-refractivity contribution is 5.47. The molecule has 17 heavy (non-hydrogen) atoms. The molecule has 0 spiro atoms. The number of phenols is 1. The van der Waals surface area contributed by atoms with Crippen molar-refractivity contribution in [1.82, 2.24) is 0 Å². The van der Waals surface area contributed by atoms with Gasteiger partial charge in [0.25, 0.3) is 0 Å². The van der Waals surface area contributed by atoms with Gasteiger partial charge in [-0.1, -0.05) is 24.3 Å². The third kappa shape index (κ3) is 2.75. The number of hydrogen-bond donors (Lipinski definition) is 2. The summed E-state index contributed by atoms with van der Waals surface area (Å²) < 4.78 is 13.1. The molecule has 0 fully saturated rings. The molecule has 0 heterocycles. The van der Waals surface area contributed by atoms with Crippen molar-refractivity contribution in [3.05, 3.63) is 59.4 Å². The number of halogens is 1. The first-order chi connectivity index (χ1) is 8.16. The monoisotopic (exact) mass is 231 g/mol. The third-order valence-electron chi connectivity index (χ3n) is 2.69. The van der Waals surface area contributed by atoms with E-state index in [9.17, 15) is 4.39 Å². The van der Waals surface area contributed by atoms with Gasteiger partial charge in [0.15, 0.2) is 11.6 Å². The smallest absolute Gasteiger partial charge is 0.166 e. The summed E-state index contributed by atoms with van der Waals surface area (Å²) >= 11 is 0. The van der Waals surface area contributed by atoms with Crippen molar-refractivity contribution in [3.63, 3.8) is 0 Å². The van der Waals surface area contributed by atoms with Crippen LogP contribution in [0.1, 0.15) is 11.1 Å². The maximum absolute atomic E-state index is 13.1. The van der Waals surface area contributed by atoms with Gasteiger partial charge in [-0.05, 0) is 30.2 Å². The Morgan fingerprint density at radius 1 is 1.18 bits per heavy atom. The Balaban J connectivity index is 2.08. The molecule has 0 saturated heterocycles. The molecule has 3 heteroatoms. The van der Waals surface area contributed by atoms with Crippen LogP contribution in [0.15, 0.2) is 42.5 Å². The number of benzene rings is 2.